The molecular weight excluding hydrogens is 242 g/mol. The van der Waals surface area contributed by atoms with Crippen molar-refractivity contribution in [3.8, 4) is 0 Å². The normalized spacial score (nSPS) is 10.5. The zero-order valence-corrected chi connectivity index (χ0v) is 11.5. The summed E-state index contributed by atoms with van der Waals surface area (Å²) in [5, 5.41) is 11.9. The number of nitrogens with one attached hydrogen (secondary N) is 1. The second-order valence-corrected chi connectivity index (χ2v) is 4.52. The number of carbonyl (C=O) groups is 2. The van der Waals surface area contributed by atoms with Crippen LogP contribution >= 0.6 is 0 Å². The monoisotopic (exact) mass is 263 g/mol. The van der Waals surface area contributed by atoms with Crippen LogP contribution in [0.4, 0.5) is 0 Å². The Hall–Kier alpha value is -1.84. The van der Waals surface area contributed by atoms with Crippen LogP contribution in [0.3, 0.4) is 0 Å². The van der Waals surface area contributed by atoms with Gasteiger partial charge in [-0.1, -0.05) is 32.0 Å². The third-order valence-electron chi connectivity index (χ3n) is 3.30. The van der Waals surface area contributed by atoms with Gasteiger partial charge < -0.3 is 10.4 Å². The Labute approximate surface area is 113 Å². The minimum atomic E-state index is -0.929. The van der Waals surface area contributed by atoms with Crippen LogP contribution in [-0.4, -0.2) is 23.5 Å². The van der Waals surface area contributed by atoms with Gasteiger partial charge in [-0.15, -0.1) is 0 Å². The number of hydrogen-bond acceptors (Lipinski definition) is 2. The maximum atomic E-state index is 11.8. The number of benzene rings is 1. The topological polar surface area (TPSA) is 66.4 Å². The number of rotatable bonds is 7. The van der Waals surface area contributed by atoms with Gasteiger partial charge in [0.1, 0.15) is 0 Å². The van der Waals surface area contributed by atoms with E-state index < -0.39 is 5.97 Å². The molecule has 4 nitrogen and oxygen atoms in total. The molecule has 0 radical (unpaired) electrons. The first-order chi connectivity index (χ1) is 9.10. The zero-order chi connectivity index (χ0) is 14.3. The zero-order valence-electron chi connectivity index (χ0n) is 11.5. The van der Waals surface area contributed by atoms with Crippen molar-refractivity contribution in [2.75, 3.05) is 6.54 Å². The van der Waals surface area contributed by atoms with Crippen molar-refractivity contribution >= 4 is 11.9 Å². The molecule has 0 bridgehead atoms. The van der Waals surface area contributed by atoms with Crippen molar-refractivity contribution in [3.05, 3.63) is 35.4 Å². The van der Waals surface area contributed by atoms with Crippen molar-refractivity contribution in [2.45, 2.75) is 33.1 Å². The molecule has 0 aliphatic rings. The lowest BCUT2D eigenvalue weighted by Crippen LogP contribution is -2.31. The van der Waals surface area contributed by atoms with Crippen LogP contribution in [0.15, 0.2) is 24.3 Å². The van der Waals surface area contributed by atoms with E-state index in [0.717, 1.165) is 18.4 Å². The summed E-state index contributed by atoms with van der Waals surface area (Å²) in [7, 11) is 0. The summed E-state index contributed by atoms with van der Waals surface area (Å²) in [5.74, 6) is -0.825. The summed E-state index contributed by atoms with van der Waals surface area (Å²) in [6.45, 7) is 4.46. The Kier molecular flexibility index (Phi) is 6.06. The molecule has 1 aromatic carbocycles. The molecule has 1 amide bonds. The smallest absolute Gasteiger partial charge is 0.335 e. The molecule has 0 atom stereocenters. The van der Waals surface area contributed by atoms with E-state index in [2.05, 4.69) is 5.32 Å². The average Bonchev–Trinajstić information content (AvgIpc) is 2.40. The van der Waals surface area contributed by atoms with Gasteiger partial charge in [0.05, 0.1) is 5.56 Å². The van der Waals surface area contributed by atoms with Gasteiger partial charge in [-0.2, -0.15) is 0 Å². The first-order valence-corrected chi connectivity index (χ1v) is 6.69. The summed E-state index contributed by atoms with van der Waals surface area (Å²) in [6, 6.07) is 6.88. The molecule has 0 heterocycles. The standard InChI is InChI=1S/C15H21NO3/c1-3-11(4-2)14(17)16-10-9-12-7-5-6-8-13(12)15(18)19/h5-8,11H,3-4,9-10H2,1-2H3,(H,16,17)(H,18,19). The maximum Gasteiger partial charge on any atom is 0.335 e. The summed E-state index contributed by atoms with van der Waals surface area (Å²) < 4.78 is 0. The van der Waals surface area contributed by atoms with Gasteiger partial charge in [0.2, 0.25) is 5.91 Å². The Bertz CT molecular complexity index is 439. The highest BCUT2D eigenvalue weighted by atomic mass is 16.4. The largest absolute Gasteiger partial charge is 0.478 e. The van der Waals surface area contributed by atoms with Crippen LogP contribution < -0.4 is 5.32 Å². The van der Waals surface area contributed by atoms with Crippen molar-refractivity contribution in [3.63, 3.8) is 0 Å². The van der Waals surface area contributed by atoms with E-state index in [4.69, 9.17) is 5.11 Å². The second-order valence-electron chi connectivity index (χ2n) is 4.52. The lowest BCUT2D eigenvalue weighted by atomic mass is 10.0. The lowest BCUT2D eigenvalue weighted by Gasteiger charge is -2.13. The first-order valence-electron chi connectivity index (χ1n) is 6.69. The molecule has 1 rings (SSSR count). The van der Waals surface area contributed by atoms with Gasteiger partial charge >= 0.3 is 5.97 Å². The molecule has 0 aromatic heterocycles. The lowest BCUT2D eigenvalue weighted by molar-refractivity contribution is -0.125. The molecule has 104 valence electrons. The second kappa shape index (κ2) is 7.56. The van der Waals surface area contributed by atoms with E-state index in [-0.39, 0.29) is 11.8 Å². The van der Waals surface area contributed by atoms with Gasteiger partial charge in [0.15, 0.2) is 0 Å². The molecule has 19 heavy (non-hydrogen) atoms. The SMILES string of the molecule is CCC(CC)C(=O)NCCc1ccccc1C(=O)O. The first kappa shape index (κ1) is 15.2. The van der Waals surface area contributed by atoms with E-state index in [1.165, 1.54) is 0 Å². The number of carboxylic acid groups (broad SMARTS) is 1. The van der Waals surface area contributed by atoms with Crippen molar-refractivity contribution in [1.82, 2.24) is 5.32 Å². The van der Waals surface area contributed by atoms with Crippen LogP contribution in [0.25, 0.3) is 0 Å². The number of carbonyl (C=O) groups excluding carboxylic acids is 1. The molecule has 0 saturated carbocycles. The minimum Gasteiger partial charge on any atom is -0.478 e. The van der Waals surface area contributed by atoms with E-state index >= 15 is 0 Å². The predicted molar refractivity (Wildman–Crippen MR) is 74.2 cm³/mol. The third kappa shape index (κ3) is 4.39. The average molecular weight is 263 g/mol. The van der Waals surface area contributed by atoms with E-state index in [1.54, 1.807) is 18.2 Å². The van der Waals surface area contributed by atoms with Crippen LogP contribution in [0.2, 0.25) is 0 Å². The van der Waals surface area contributed by atoms with Crippen LogP contribution in [0.5, 0.6) is 0 Å². The minimum absolute atomic E-state index is 0.0507. The number of amides is 1. The maximum absolute atomic E-state index is 11.8. The van der Waals surface area contributed by atoms with Gasteiger partial charge in [-0.05, 0) is 30.9 Å². The molecule has 4 heteroatoms. The fourth-order valence-corrected chi connectivity index (χ4v) is 2.07. The molecule has 0 spiro atoms. The van der Waals surface area contributed by atoms with E-state index in [9.17, 15) is 9.59 Å². The van der Waals surface area contributed by atoms with Crippen LogP contribution in [0, 0.1) is 5.92 Å². The van der Waals surface area contributed by atoms with E-state index in [0.29, 0.717) is 18.5 Å². The highest BCUT2D eigenvalue weighted by Crippen LogP contribution is 2.10. The van der Waals surface area contributed by atoms with Crippen molar-refractivity contribution in [2.24, 2.45) is 5.92 Å². The Morgan fingerprint density at radius 2 is 1.84 bits per heavy atom. The van der Waals surface area contributed by atoms with Gasteiger partial charge in [-0.3, -0.25) is 4.79 Å². The molecule has 0 unspecified atom stereocenters. The Balaban J connectivity index is 2.54. The number of carboxylic acids is 1. The van der Waals surface area contributed by atoms with E-state index in [1.807, 2.05) is 19.9 Å². The summed E-state index contributed by atoms with van der Waals surface area (Å²) in [6.07, 6.45) is 2.19. The highest BCUT2D eigenvalue weighted by molar-refractivity contribution is 5.89. The van der Waals surface area contributed by atoms with Crippen molar-refractivity contribution in [1.29, 1.82) is 0 Å². The molecule has 0 aliphatic heterocycles. The van der Waals surface area contributed by atoms with Crippen molar-refractivity contribution < 1.29 is 14.7 Å². The molecular formula is C15H21NO3. The fourth-order valence-electron chi connectivity index (χ4n) is 2.07. The summed E-state index contributed by atoms with van der Waals surface area (Å²) in [4.78, 5) is 22.8. The Morgan fingerprint density at radius 1 is 1.21 bits per heavy atom. The highest BCUT2D eigenvalue weighted by Gasteiger charge is 2.14. The molecule has 0 fully saturated rings. The molecule has 0 saturated heterocycles. The third-order valence-corrected chi connectivity index (χ3v) is 3.30. The predicted octanol–water partition coefficient (Wildman–Crippen LogP) is 2.48. The van der Waals surface area contributed by atoms with Gasteiger partial charge in [0, 0.05) is 12.5 Å². The number of hydrogen-bond donors (Lipinski definition) is 2. The van der Waals surface area contributed by atoms with Gasteiger partial charge in [0.25, 0.3) is 0 Å². The molecule has 0 aliphatic carbocycles. The molecule has 1 aromatic rings. The van der Waals surface area contributed by atoms with Gasteiger partial charge in [-0.25, -0.2) is 4.79 Å². The van der Waals surface area contributed by atoms with Crippen LogP contribution in [-0.2, 0) is 11.2 Å². The fraction of sp³-hybridized carbons (Fsp3) is 0.467. The summed E-state index contributed by atoms with van der Waals surface area (Å²) >= 11 is 0. The summed E-state index contributed by atoms with van der Waals surface area (Å²) in [5.41, 5.74) is 1.05. The molecule has 2 N–H and O–H groups in total. The number of aromatic carboxylic acids is 1. The quantitative estimate of drug-likeness (QED) is 0.794. The Morgan fingerprint density at radius 3 is 2.42 bits per heavy atom. The van der Waals surface area contributed by atoms with Crippen LogP contribution in [0.1, 0.15) is 42.6 Å².